The minimum absolute atomic E-state index is 0.000282. The molecule has 2 aromatic rings. The van der Waals surface area contributed by atoms with E-state index >= 15 is 0 Å². The van der Waals surface area contributed by atoms with Gasteiger partial charge in [-0.25, -0.2) is 4.98 Å². The highest BCUT2D eigenvalue weighted by atomic mass is 16.3. The van der Waals surface area contributed by atoms with Gasteiger partial charge in [0.15, 0.2) is 0 Å². The first-order valence-corrected chi connectivity index (χ1v) is 7.26. The number of nitrogens with zero attached hydrogens (tertiary/aromatic N) is 1. The molecule has 0 amide bonds. The van der Waals surface area contributed by atoms with Crippen LogP contribution in [0.5, 0.6) is 0 Å². The van der Waals surface area contributed by atoms with Crippen LogP contribution in [0.25, 0.3) is 0 Å². The first-order chi connectivity index (χ1) is 9.85. The van der Waals surface area contributed by atoms with E-state index in [0.29, 0.717) is 0 Å². The summed E-state index contributed by atoms with van der Waals surface area (Å²) >= 11 is 0. The third-order valence-corrected chi connectivity index (χ3v) is 3.76. The van der Waals surface area contributed by atoms with Gasteiger partial charge in [0.05, 0.1) is 12.1 Å². The molecule has 1 heterocycles. The summed E-state index contributed by atoms with van der Waals surface area (Å²) in [5.74, 6) is 0.767. The van der Waals surface area contributed by atoms with Gasteiger partial charge >= 0.3 is 0 Å². The molecule has 2 N–H and O–H groups in total. The van der Waals surface area contributed by atoms with Crippen molar-refractivity contribution in [1.82, 2.24) is 4.98 Å². The van der Waals surface area contributed by atoms with Crippen molar-refractivity contribution in [2.24, 2.45) is 0 Å². The second kappa shape index (κ2) is 5.86. The van der Waals surface area contributed by atoms with Crippen molar-refractivity contribution in [2.45, 2.75) is 38.6 Å². The van der Waals surface area contributed by atoms with Crippen molar-refractivity contribution >= 4 is 5.82 Å². The summed E-state index contributed by atoms with van der Waals surface area (Å²) in [6, 6.07) is 14.0. The highest BCUT2D eigenvalue weighted by Gasteiger charge is 2.26. The Morgan fingerprint density at radius 1 is 0.952 bits per heavy atom. The number of rotatable bonds is 4. The molecule has 0 aliphatic rings. The largest absolute Gasteiger partial charge is 0.394 e. The Kier molecular flexibility index (Phi) is 4.33. The van der Waals surface area contributed by atoms with Crippen molar-refractivity contribution in [3.63, 3.8) is 0 Å². The molecular weight excluding hydrogens is 260 g/mol. The smallest absolute Gasteiger partial charge is 0.126 e. The number of hydrogen-bond acceptors (Lipinski definition) is 3. The molecule has 0 radical (unpaired) electrons. The van der Waals surface area contributed by atoms with Crippen LogP contribution in [0.3, 0.4) is 0 Å². The molecule has 3 heteroatoms. The van der Waals surface area contributed by atoms with E-state index in [9.17, 15) is 5.11 Å². The standard InChI is InChI=1S/C18H24N2O/c1-17(2,3)15-10-11-16(19-12-15)20-18(4,13-21)14-8-6-5-7-9-14/h5-12,21H,13H2,1-4H3,(H,19,20). The number of aromatic nitrogens is 1. The lowest BCUT2D eigenvalue weighted by Gasteiger charge is -2.30. The maximum absolute atomic E-state index is 9.79. The molecule has 21 heavy (non-hydrogen) atoms. The van der Waals surface area contributed by atoms with E-state index in [0.717, 1.165) is 11.4 Å². The van der Waals surface area contributed by atoms with E-state index in [1.165, 1.54) is 5.56 Å². The number of hydrogen-bond donors (Lipinski definition) is 2. The molecule has 1 unspecified atom stereocenters. The third kappa shape index (κ3) is 3.61. The predicted octanol–water partition coefficient (Wildman–Crippen LogP) is 3.70. The monoisotopic (exact) mass is 284 g/mol. The Hall–Kier alpha value is -1.87. The van der Waals surface area contributed by atoms with Crippen LogP contribution in [-0.4, -0.2) is 16.7 Å². The molecule has 0 spiro atoms. The fourth-order valence-corrected chi connectivity index (χ4v) is 2.20. The molecular formula is C18H24N2O. The van der Waals surface area contributed by atoms with Crippen molar-refractivity contribution in [1.29, 1.82) is 0 Å². The Morgan fingerprint density at radius 2 is 1.62 bits per heavy atom. The molecule has 1 atom stereocenters. The average Bonchev–Trinajstić information content (AvgIpc) is 2.47. The van der Waals surface area contributed by atoms with Crippen molar-refractivity contribution in [3.05, 3.63) is 59.8 Å². The van der Waals surface area contributed by atoms with Gasteiger partial charge < -0.3 is 10.4 Å². The first kappa shape index (κ1) is 15.5. The summed E-state index contributed by atoms with van der Waals surface area (Å²) in [5.41, 5.74) is 1.77. The lowest BCUT2D eigenvalue weighted by Crippen LogP contribution is -2.36. The summed E-state index contributed by atoms with van der Waals surface area (Å²) in [6.07, 6.45) is 1.89. The zero-order chi connectivity index (χ0) is 15.5. The molecule has 3 nitrogen and oxygen atoms in total. The lowest BCUT2D eigenvalue weighted by molar-refractivity contribution is 0.223. The number of anilines is 1. The normalized spacial score (nSPS) is 14.5. The van der Waals surface area contributed by atoms with Crippen LogP contribution in [0, 0.1) is 0 Å². The van der Waals surface area contributed by atoms with E-state index in [2.05, 4.69) is 37.1 Å². The molecule has 2 rings (SSSR count). The zero-order valence-electron chi connectivity index (χ0n) is 13.2. The molecule has 0 saturated carbocycles. The SMILES string of the molecule is CC(C)(C)c1ccc(NC(C)(CO)c2ccccc2)nc1. The third-order valence-electron chi connectivity index (χ3n) is 3.76. The molecule has 0 aliphatic heterocycles. The van der Waals surface area contributed by atoms with Crippen LogP contribution in [0.4, 0.5) is 5.82 Å². The minimum Gasteiger partial charge on any atom is -0.394 e. The molecule has 0 aliphatic carbocycles. The Balaban J connectivity index is 2.23. The lowest BCUT2D eigenvalue weighted by atomic mass is 9.88. The summed E-state index contributed by atoms with van der Waals surface area (Å²) in [5, 5.41) is 13.1. The van der Waals surface area contributed by atoms with E-state index in [1.54, 1.807) is 0 Å². The van der Waals surface area contributed by atoms with E-state index in [-0.39, 0.29) is 12.0 Å². The molecule has 0 bridgehead atoms. The number of pyridine rings is 1. The highest BCUT2D eigenvalue weighted by Crippen LogP contribution is 2.26. The quantitative estimate of drug-likeness (QED) is 0.900. The van der Waals surface area contributed by atoms with Crippen LogP contribution >= 0.6 is 0 Å². The second-order valence-corrected chi connectivity index (χ2v) is 6.66. The number of aliphatic hydroxyl groups excluding tert-OH is 1. The van der Waals surface area contributed by atoms with Crippen LogP contribution in [0.1, 0.15) is 38.8 Å². The van der Waals surface area contributed by atoms with Gasteiger partial charge in [-0.15, -0.1) is 0 Å². The molecule has 1 aromatic carbocycles. The summed E-state index contributed by atoms with van der Waals surface area (Å²) < 4.78 is 0. The van der Waals surface area contributed by atoms with Gasteiger partial charge in [0, 0.05) is 6.20 Å². The van der Waals surface area contributed by atoms with Crippen molar-refractivity contribution in [3.8, 4) is 0 Å². The zero-order valence-corrected chi connectivity index (χ0v) is 13.2. The van der Waals surface area contributed by atoms with Gasteiger partial charge in [0.1, 0.15) is 5.82 Å². The Bertz CT molecular complexity index is 572. The first-order valence-electron chi connectivity index (χ1n) is 7.26. The molecule has 0 fully saturated rings. The van der Waals surface area contributed by atoms with Gasteiger partial charge in [-0.3, -0.25) is 0 Å². The number of benzene rings is 1. The van der Waals surface area contributed by atoms with Crippen LogP contribution < -0.4 is 5.32 Å². The van der Waals surface area contributed by atoms with Gasteiger partial charge in [0.25, 0.3) is 0 Å². The second-order valence-electron chi connectivity index (χ2n) is 6.66. The van der Waals surface area contributed by atoms with Crippen LogP contribution in [0.15, 0.2) is 48.7 Å². The van der Waals surface area contributed by atoms with Gasteiger partial charge in [-0.1, -0.05) is 57.2 Å². The van der Waals surface area contributed by atoms with Crippen molar-refractivity contribution in [2.75, 3.05) is 11.9 Å². The summed E-state index contributed by atoms with van der Waals surface area (Å²) in [4.78, 5) is 4.48. The average molecular weight is 284 g/mol. The van der Waals surface area contributed by atoms with Gasteiger partial charge in [-0.2, -0.15) is 0 Å². The van der Waals surface area contributed by atoms with E-state index in [4.69, 9.17) is 0 Å². The Labute approximate surface area is 127 Å². The summed E-state index contributed by atoms with van der Waals surface area (Å²) in [7, 11) is 0. The fraction of sp³-hybridized carbons (Fsp3) is 0.389. The van der Waals surface area contributed by atoms with E-state index < -0.39 is 5.54 Å². The molecule has 0 saturated heterocycles. The van der Waals surface area contributed by atoms with Gasteiger partial charge in [0.2, 0.25) is 0 Å². The highest BCUT2D eigenvalue weighted by molar-refractivity contribution is 5.43. The maximum Gasteiger partial charge on any atom is 0.126 e. The number of nitrogens with one attached hydrogen (secondary N) is 1. The minimum atomic E-state index is -0.544. The van der Waals surface area contributed by atoms with Crippen molar-refractivity contribution < 1.29 is 5.11 Å². The number of aliphatic hydroxyl groups is 1. The van der Waals surface area contributed by atoms with Crippen LogP contribution in [-0.2, 0) is 11.0 Å². The fourth-order valence-electron chi connectivity index (χ4n) is 2.20. The molecule has 1 aromatic heterocycles. The summed E-state index contributed by atoms with van der Waals surface area (Å²) in [6.45, 7) is 8.47. The molecule has 112 valence electrons. The maximum atomic E-state index is 9.79. The van der Waals surface area contributed by atoms with Crippen LogP contribution in [0.2, 0.25) is 0 Å². The Morgan fingerprint density at radius 3 is 2.10 bits per heavy atom. The predicted molar refractivity (Wildman–Crippen MR) is 87.4 cm³/mol. The van der Waals surface area contributed by atoms with E-state index in [1.807, 2.05) is 49.5 Å². The topological polar surface area (TPSA) is 45.1 Å². The van der Waals surface area contributed by atoms with Gasteiger partial charge in [-0.05, 0) is 29.5 Å².